The van der Waals surface area contributed by atoms with Crippen LogP contribution in [0.3, 0.4) is 0 Å². The van der Waals surface area contributed by atoms with Gasteiger partial charge in [0.05, 0.1) is 52.4 Å². The molecule has 0 aliphatic rings. The van der Waals surface area contributed by atoms with Crippen LogP contribution in [-0.4, -0.2) is 93.7 Å². The topological polar surface area (TPSA) is 240 Å². The predicted molar refractivity (Wildman–Crippen MR) is 426 cm³/mol. The molecule has 0 spiro atoms. The lowest BCUT2D eigenvalue weighted by Gasteiger charge is -2.08. The van der Waals surface area contributed by atoms with E-state index in [1.807, 2.05) is 97.1 Å². The van der Waals surface area contributed by atoms with E-state index in [0.717, 1.165) is 146 Å². The number of carbonyl (C=O) groups excluding carboxylic acids is 3. The van der Waals surface area contributed by atoms with Crippen LogP contribution in [-0.2, 0) is 32.0 Å². The van der Waals surface area contributed by atoms with Gasteiger partial charge in [0.25, 0.3) is 0 Å². The Morgan fingerprint density at radius 2 is 0.673 bits per heavy atom. The quantitative estimate of drug-likeness (QED) is 0.0176. The number of carbonyl (C=O) groups is 4. The number of aliphatic carboxylic acids is 1. The highest BCUT2D eigenvalue weighted by Crippen LogP contribution is 2.38. The molecule has 0 atom stereocenters. The molecule has 4 aromatic carbocycles. The van der Waals surface area contributed by atoms with Crippen molar-refractivity contribution in [1.29, 1.82) is 0 Å². The number of amides is 3. The van der Waals surface area contributed by atoms with E-state index < -0.39 is 5.97 Å². The van der Waals surface area contributed by atoms with Crippen LogP contribution >= 0.6 is 0 Å². The number of allylic oxidation sites excluding steroid dienone is 16. The lowest BCUT2D eigenvalue weighted by molar-refractivity contribution is -0.137. The monoisotopic (exact) mass is 1420 g/mol. The van der Waals surface area contributed by atoms with E-state index in [2.05, 4.69) is 137 Å². The average Bonchev–Trinajstić information content (AvgIpc) is 1.74. The second-order valence-corrected chi connectivity index (χ2v) is 24.5. The van der Waals surface area contributed by atoms with Crippen LogP contribution in [0.4, 0.5) is 0 Å². The summed E-state index contributed by atoms with van der Waals surface area (Å²) < 4.78 is 32.5. The molecule has 6 rings (SSSR count). The number of nitrogens with one attached hydrogen (secondary N) is 3. The van der Waals surface area contributed by atoms with Gasteiger partial charge >= 0.3 is 5.97 Å². The maximum Gasteiger partial charge on any atom is 0.303 e. The summed E-state index contributed by atoms with van der Waals surface area (Å²) >= 11 is 0. The van der Waals surface area contributed by atoms with Crippen molar-refractivity contribution in [3.63, 3.8) is 0 Å². The normalized spacial score (nSPS) is 11.4. The Morgan fingerprint density at radius 1 is 0.385 bits per heavy atom. The zero-order valence-corrected chi connectivity index (χ0v) is 62.2. The van der Waals surface area contributed by atoms with Crippen molar-refractivity contribution in [3.8, 4) is 67.8 Å². The van der Waals surface area contributed by atoms with Crippen LogP contribution < -0.4 is 40.6 Å². The average molecular weight is 1430 g/mol. The Kier molecular flexibility index (Phi) is 49.1. The Balaban J connectivity index is 0.000000447. The summed E-state index contributed by atoms with van der Waals surface area (Å²) in [5.41, 5.74) is 11.9. The number of unbranched alkanes of at least 4 members (excludes halogenated alkanes) is 10. The summed E-state index contributed by atoms with van der Waals surface area (Å²) in [4.78, 5) is 47.8. The predicted octanol–water partition coefficient (Wildman–Crippen LogP) is 20.0. The van der Waals surface area contributed by atoms with E-state index in [9.17, 15) is 19.2 Å². The number of benzene rings is 4. The van der Waals surface area contributed by atoms with Crippen molar-refractivity contribution < 1.29 is 52.3 Å². The molecule has 0 saturated heterocycles. The lowest BCUT2D eigenvalue weighted by atomic mass is 9.98. The van der Waals surface area contributed by atoms with Crippen molar-refractivity contribution in [1.82, 2.24) is 26.3 Å². The summed E-state index contributed by atoms with van der Waals surface area (Å²) in [7, 11) is 6.49. The first-order valence-electron chi connectivity index (χ1n) is 36.9. The summed E-state index contributed by atoms with van der Waals surface area (Å²) in [6, 6.07) is 30.3. The third-order valence-corrected chi connectivity index (χ3v) is 16.3. The first-order valence-corrected chi connectivity index (χ1v) is 36.9. The van der Waals surface area contributed by atoms with Gasteiger partial charge in [-0.15, -0.1) is 0 Å². The second kappa shape index (κ2) is 57.7. The highest BCUT2D eigenvalue weighted by Gasteiger charge is 2.24. The summed E-state index contributed by atoms with van der Waals surface area (Å²) in [6.45, 7) is 6.78. The van der Waals surface area contributed by atoms with Crippen LogP contribution in [0.15, 0.2) is 203 Å². The molecule has 0 unspecified atom stereocenters. The Hall–Kier alpha value is -9.74. The van der Waals surface area contributed by atoms with Gasteiger partial charge in [-0.05, 0) is 206 Å². The standard InChI is InChI=1S/C43H57N3O5.C23H27N3O4.C20H32O2.CH4/c1-4-5-6-7-8-9-10-11-12-13-14-15-16-17-18-19-20-23-40(47)44-32-21-22-33-45-41(48)34-39-42(35-24-28-37(49-2)29-25-35)43(46-51-39)36-26-30-38(50-3)31-27-36;1-28-18-9-5-16(6-10-18)22-20(15-21(27)25-14-4-3-13-24)30-26-23(22)17-7-11-19(29-2)12-8-17;1-2-3-4-5-6-7-8-9-10-11-12-13-14-15-16-17-18-19-20(21)22;/h8-9,11-12,14-15,17-18,24-31H,4-7,10,13,16,19-23,32-34H2,1-3H3,(H,44,47)(H,45,48);5-12H,3-4,13-15,24H2,1-2H3,(H,25,27);6-7,9-10,12-13,15-16H,2-5,8,11,14,17-19H2,1H3,(H,21,22);1H4/b9-8-,12-11-,15-14-,18-17-;;7-6-,10-9-,13-12-,16-15-;. The number of carboxylic acid groups (broad SMARTS) is 1. The molecule has 0 fully saturated rings. The van der Waals surface area contributed by atoms with Crippen LogP contribution in [0.2, 0.25) is 0 Å². The molecule has 0 bridgehead atoms. The van der Waals surface area contributed by atoms with Crippen LogP contribution in [0.25, 0.3) is 44.8 Å². The largest absolute Gasteiger partial charge is 0.497 e. The van der Waals surface area contributed by atoms with Crippen molar-refractivity contribution in [3.05, 3.63) is 206 Å². The number of ether oxygens (including phenoxy) is 4. The fourth-order valence-electron chi connectivity index (χ4n) is 10.5. The Bertz CT molecular complexity index is 3520. The third kappa shape index (κ3) is 38.5. The smallest absolute Gasteiger partial charge is 0.303 e. The van der Waals surface area contributed by atoms with E-state index >= 15 is 0 Å². The van der Waals surface area contributed by atoms with Gasteiger partial charge in [-0.1, -0.05) is 179 Å². The molecule has 2 heterocycles. The van der Waals surface area contributed by atoms with E-state index in [-0.39, 0.29) is 44.4 Å². The number of rotatable bonds is 49. The number of aromatic nitrogens is 2. The molecule has 17 nitrogen and oxygen atoms in total. The Labute approximate surface area is 621 Å². The van der Waals surface area contributed by atoms with Gasteiger partial charge in [0.1, 0.15) is 34.4 Å². The molecule has 0 radical (unpaired) electrons. The molecular weight excluding hydrogens is 1300 g/mol. The summed E-state index contributed by atoms with van der Waals surface area (Å²) in [6.07, 6.45) is 58.6. The number of carboxylic acids is 1. The zero-order chi connectivity index (χ0) is 74.0. The molecule has 17 heteroatoms. The van der Waals surface area contributed by atoms with Gasteiger partial charge in [0.2, 0.25) is 17.7 Å². The molecule has 3 amide bonds. The number of methoxy groups -OCH3 is 4. The van der Waals surface area contributed by atoms with E-state index in [1.165, 1.54) is 51.4 Å². The van der Waals surface area contributed by atoms with E-state index in [1.54, 1.807) is 28.4 Å². The fourth-order valence-corrected chi connectivity index (χ4v) is 10.5. The minimum absolute atomic E-state index is 0. The van der Waals surface area contributed by atoms with Crippen molar-refractivity contribution in [2.45, 2.75) is 188 Å². The maximum atomic E-state index is 12.9. The van der Waals surface area contributed by atoms with Crippen LogP contribution in [0, 0.1) is 0 Å². The van der Waals surface area contributed by atoms with Crippen LogP contribution in [0.1, 0.15) is 187 Å². The minimum Gasteiger partial charge on any atom is -0.497 e. The molecule has 0 saturated carbocycles. The van der Waals surface area contributed by atoms with Gasteiger partial charge in [-0.2, -0.15) is 0 Å². The Morgan fingerprint density at radius 3 is 0.981 bits per heavy atom. The van der Waals surface area contributed by atoms with Gasteiger partial charge < -0.3 is 54.8 Å². The molecule has 6 aromatic rings. The van der Waals surface area contributed by atoms with Gasteiger partial charge in [0.15, 0.2) is 11.5 Å². The highest BCUT2D eigenvalue weighted by atomic mass is 16.5. The maximum absolute atomic E-state index is 12.9. The lowest BCUT2D eigenvalue weighted by Crippen LogP contribution is -2.28. The minimum atomic E-state index is -0.712. The van der Waals surface area contributed by atoms with Crippen LogP contribution in [0.5, 0.6) is 23.0 Å². The second-order valence-electron chi connectivity index (χ2n) is 24.5. The van der Waals surface area contributed by atoms with Gasteiger partial charge in [-0.25, -0.2) is 0 Å². The number of hydrogen-bond donors (Lipinski definition) is 5. The first kappa shape index (κ1) is 88.5. The summed E-state index contributed by atoms with van der Waals surface area (Å²) in [5, 5.41) is 26.0. The van der Waals surface area contributed by atoms with Crippen molar-refractivity contribution in [2.75, 3.05) is 54.6 Å². The molecular formula is C87H120N6O11. The molecule has 6 N–H and O–H groups in total. The zero-order valence-electron chi connectivity index (χ0n) is 62.2. The molecule has 104 heavy (non-hydrogen) atoms. The van der Waals surface area contributed by atoms with Gasteiger partial charge in [0, 0.05) is 43.6 Å². The first-order chi connectivity index (χ1) is 50.5. The SMILES string of the molecule is C.CCCCC/C=C\C/C=C\C/C=C\C/C=C\CCCC(=O)NCCCCNC(=O)Cc1onc(-c2ccc(OC)cc2)c1-c1ccc(OC)cc1.CCCCC/C=C\C/C=C\C/C=C\C/C=C\CCCC(=O)O.COc1ccc(-c2noc(CC(=O)NCCCCN)c2-c2ccc(OC)cc2)cc1. The van der Waals surface area contributed by atoms with Crippen molar-refractivity contribution >= 4 is 23.7 Å². The number of nitrogens with zero attached hydrogens (tertiary/aromatic N) is 2. The van der Waals surface area contributed by atoms with Crippen molar-refractivity contribution in [2.24, 2.45) is 5.73 Å². The summed E-state index contributed by atoms with van der Waals surface area (Å²) in [5.74, 6) is 3.08. The molecule has 0 aliphatic heterocycles. The van der Waals surface area contributed by atoms with Gasteiger partial charge in [-0.3, -0.25) is 19.2 Å². The molecule has 2 aromatic heterocycles. The van der Waals surface area contributed by atoms with E-state index in [4.69, 9.17) is 38.8 Å². The highest BCUT2D eigenvalue weighted by molar-refractivity contribution is 5.88. The molecule has 0 aliphatic carbocycles. The number of hydrogen-bond acceptors (Lipinski definition) is 13. The molecule has 564 valence electrons. The van der Waals surface area contributed by atoms with E-state index in [0.29, 0.717) is 55.5 Å². The third-order valence-electron chi connectivity index (χ3n) is 16.3. The fraction of sp³-hybridized carbons (Fsp3) is 0.425. The number of nitrogens with two attached hydrogens (primary N) is 1.